The summed E-state index contributed by atoms with van der Waals surface area (Å²) >= 11 is 0. The number of hydrogen-bond donors (Lipinski definition) is 0. The van der Waals surface area contributed by atoms with Gasteiger partial charge in [-0.3, -0.25) is 0 Å². The zero-order valence-electron chi connectivity index (χ0n) is 13.3. The first kappa shape index (κ1) is 17.6. The summed E-state index contributed by atoms with van der Waals surface area (Å²) in [7, 11) is 0. The molecule has 0 N–H and O–H groups in total. The molecule has 0 radical (unpaired) electrons. The monoisotopic (exact) mass is 312 g/mol. The van der Waals surface area contributed by atoms with Crippen LogP contribution in [-0.2, 0) is 23.7 Å². The van der Waals surface area contributed by atoms with Gasteiger partial charge in [0.2, 0.25) is 0 Å². The number of allylic oxidation sites excluding steroid dienone is 2. The molecule has 0 amide bonds. The number of fused-ring (bicyclic) bond motifs is 1. The second-order valence-corrected chi connectivity index (χ2v) is 5.36. The maximum absolute atomic E-state index is 5.93. The van der Waals surface area contributed by atoms with E-state index in [2.05, 4.69) is 24.3 Å². The zero-order valence-corrected chi connectivity index (χ0v) is 13.3. The molecule has 126 valence electrons. The van der Waals surface area contributed by atoms with Crippen LogP contribution in [-0.4, -0.2) is 65.6 Å². The van der Waals surface area contributed by atoms with Gasteiger partial charge in [-0.2, -0.15) is 0 Å². The minimum absolute atomic E-state index is 0.145. The minimum atomic E-state index is 0.145. The summed E-state index contributed by atoms with van der Waals surface area (Å²) in [5, 5.41) is 0. The van der Waals surface area contributed by atoms with E-state index in [9.17, 15) is 0 Å². The Balaban J connectivity index is 1.71. The Bertz CT molecular complexity index is 297. The van der Waals surface area contributed by atoms with E-state index in [4.69, 9.17) is 23.7 Å². The number of hydrogen-bond acceptors (Lipinski definition) is 5. The third-order valence-corrected chi connectivity index (χ3v) is 3.67. The minimum Gasteiger partial charge on any atom is -0.379 e. The molecule has 1 fully saturated rings. The lowest BCUT2D eigenvalue weighted by Gasteiger charge is -2.24. The van der Waals surface area contributed by atoms with Gasteiger partial charge in [-0.15, -0.1) is 0 Å². The van der Waals surface area contributed by atoms with Crippen molar-refractivity contribution in [3.05, 3.63) is 24.3 Å². The first-order valence-electron chi connectivity index (χ1n) is 8.24. The maximum Gasteiger partial charge on any atom is 0.0822 e. The molecule has 1 aliphatic carbocycles. The third kappa shape index (κ3) is 7.51. The van der Waals surface area contributed by atoms with Crippen LogP contribution in [0.3, 0.4) is 0 Å². The standard InChI is InChI=1S/C17H28O5/c1-2-6-17-16(4-1)5-3-7-18-8-9-19-10-11-20-12-13-21-14-15-22-17/h1-2,4,6,16-17H,3,5,7-15H2. The topological polar surface area (TPSA) is 46.2 Å². The Kier molecular flexibility index (Phi) is 9.45. The first-order valence-corrected chi connectivity index (χ1v) is 8.24. The molecule has 0 bridgehead atoms. The van der Waals surface area contributed by atoms with Gasteiger partial charge in [-0.1, -0.05) is 24.3 Å². The van der Waals surface area contributed by atoms with Gasteiger partial charge in [-0.25, -0.2) is 0 Å². The largest absolute Gasteiger partial charge is 0.379 e. The Labute approximate surface area is 133 Å². The van der Waals surface area contributed by atoms with E-state index in [1.807, 2.05) is 0 Å². The van der Waals surface area contributed by atoms with Crippen molar-refractivity contribution >= 4 is 0 Å². The van der Waals surface area contributed by atoms with Crippen LogP contribution in [0.15, 0.2) is 24.3 Å². The fourth-order valence-corrected chi connectivity index (χ4v) is 2.50. The van der Waals surface area contributed by atoms with Crippen LogP contribution in [0, 0.1) is 5.92 Å². The van der Waals surface area contributed by atoms with Crippen molar-refractivity contribution in [1.82, 2.24) is 0 Å². The highest BCUT2D eigenvalue weighted by atomic mass is 16.6. The van der Waals surface area contributed by atoms with Crippen molar-refractivity contribution in [1.29, 1.82) is 0 Å². The summed E-state index contributed by atoms with van der Waals surface area (Å²) in [4.78, 5) is 0. The predicted octanol–water partition coefficient (Wildman–Crippen LogP) is 1.97. The Morgan fingerprint density at radius 1 is 0.591 bits per heavy atom. The van der Waals surface area contributed by atoms with E-state index >= 15 is 0 Å². The molecule has 2 atom stereocenters. The van der Waals surface area contributed by atoms with Gasteiger partial charge in [0, 0.05) is 12.5 Å². The lowest BCUT2D eigenvalue weighted by molar-refractivity contribution is -0.0258. The van der Waals surface area contributed by atoms with Crippen molar-refractivity contribution in [3.8, 4) is 0 Å². The second-order valence-electron chi connectivity index (χ2n) is 5.36. The molecule has 5 heteroatoms. The van der Waals surface area contributed by atoms with Crippen LogP contribution in [0.2, 0.25) is 0 Å². The highest BCUT2D eigenvalue weighted by molar-refractivity contribution is 5.15. The van der Waals surface area contributed by atoms with Crippen LogP contribution in [0.5, 0.6) is 0 Å². The van der Waals surface area contributed by atoms with Crippen LogP contribution < -0.4 is 0 Å². The molecule has 1 aliphatic heterocycles. The summed E-state index contributed by atoms with van der Waals surface area (Å²) in [5.74, 6) is 0.423. The molecule has 2 rings (SSSR count). The Morgan fingerprint density at radius 2 is 1.14 bits per heavy atom. The van der Waals surface area contributed by atoms with Gasteiger partial charge >= 0.3 is 0 Å². The van der Waals surface area contributed by atoms with Gasteiger partial charge < -0.3 is 23.7 Å². The summed E-state index contributed by atoms with van der Waals surface area (Å²) in [5.41, 5.74) is 0. The van der Waals surface area contributed by atoms with Crippen LogP contribution in [0.1, 0.15) is 12.8 Å². The predicted molar refractivity (Wildman–Crippen MR) is 84.0 cm³/mol. The van der Waals surface area contributed by atoms with Gasteiger partial charge in [0.1, 0.15) is 0 Å². The van der Waals surface area contributed by atoms with Crippen molar-refractivity contribution in [2.24, 2.45) is 5.92 Å². The molecule has 0 spiro atoms. The fraction of sp³-hybridized carbons (Fsp3) is 0.765. The molecule has 2 unspecified atom stereocenters. The average Bonchev–Trinajstić information content (AvgIpc) is 2.55. The lowest BCUT2D eigenvalue weighted by Crippen LogP contribution is -2.25. The Morgan fingerprint density at radius 3 is 1.82 bits per heavy atom. The van der Waals surface area contributed by atoms with E-state index in [1.54, 1.807) is 0 Å². The van der Waals surface area contributed by atoms with Crippen molar-refractivity contribution in [2.45, 2.75) is 18.9 Å². The van der Waals surface area contributed by atoms with E-state index < -0.39 is 0 Å². The van der Waals surface area contributed by atoms with Crippen LogP contribution >= 0.6 is 0 Å². The van der Waals surface area contributed by atoms with Gasteiger partial charge in [-0.05, 0) is 12.8 Å². The summed E-state index contributed by atoms with van der Waals surface area (Å²) in [6.45, 7) is 5.63. The lowest BCUT2D eigenvalue weighted by atomic mass is 9.93. The molecular formula is C17H28O5. The first-order chi connectivity index (χ1) is 11.0. The molecule has 1 heterocycles. The maximum atomic E-state index is 5.93. The molecular weight excluding hydrogens is 284 g/mol. The molecule has 0 saturated carbocycles. The van der Waals surface area contributed by atoms with Crippen molar-refractivity contribution < 1.29 is 23.7 Å². The van der Waals surface area contributed by atoms with E-state index in [0.717, 1.165) is 19.4 Å². The average molecular weight is 312 g/mol. The van der Waals surface area contributed by atoms with Gasteiger partial charge in [0.25, 0.3) is 0 Å². The highest BCUT2D eigenvalue weighted by Gasteiger charge is 2.18. The van der Waals surface area contributed by atoms with Gasteiger partial charge in [0.15, 0.2) is 0 Å². The van der Waals surface area contributed by atoms with Crippen LogP contribution in [0.4, 0.5) is 0 Å². The SMILES string of the molecule is C1=CC2CCCOCCOCCOCCOCCOC2C=C1. The van der Waals surface area contributed by atoms with E-state index in [0.29, 0.717) is 58.8 Å². The highest BCUT2D eigenvalue weighted by Crippen LogP contribution is 2.21. The summed E-state index contributed by atoms with van der Waals surface area (Å²) in [6, 6.07) is 0. The molecule has 5 nitrogen and oxygen atoms in total. The molecule has 0 aromatic carbocycles. The quantitative estimate of drug-likeness (QED) is 0.684. The summed E-state index contributed by atoms with van der Waals surface area (Å²) < 4.78 is 27.9. The molecule has 0 aromatic rings. The smallest absolute Gasteiger partial charge is 0.0822 e. The van der Waals surface area contributed by atoms with Crippen molar-refractivity contribution in [3.63, 3.8) is 0 Å². The molecule has 2 aliphatic rings. The zero-order chi connectivity index (χ0) is 15.3. The van der Waals surface area contributed by atoms with Gasteiger partial charge in [0.05, 0.1) is 59.0 Å². The number of ether oxygens (including phenoxy) is 5. The normalized spacial score (nSPS) is 30.2. The fourth-order valence-electron chi connectivity index (χ4n) is 2.50. The third-order valence-electron chi connectivity index (χ3n) is 3.67. The Hall–Kier alpha value is -0.720. The molecule has 1 saturated heterocycles. The number of rotatable bonds is 0. The molecule has 22 heavy (non-hydrogen) atoms. The van der Waals surface area contributed by atoms with E-state index in [-0.39, 0.29) is 6.10 Å². The van der Waals surface area contributed by atoms with Crippen LogP contribution in [0.25, 0.3) is 0 Å². The molecule has 0 aromatic heterocycles. The van der Waals surface area contributed by atoms with Crippen molar-refractivity contribution in [2.75, 3.05) is 59.5 Å². The summed E-state index contributed by atoms with van der Waals surface area (Å²) in [6.07, 6.45) is 10.7. The second kappa shape index (κ2) is 11.8. The van der Waals surface area contributed by atoms with E-state index in [1.165, 1.54) is 0 Å².